The fraction of sp³-hybridized carbons (Fsp3) is 0.400. The van der Waals surface area contributed by atoms with Gasteiger partial charge in [-0.25, -0.2) is 4.79 Å². The fourth-order valence-electron chi connectivity index (χ4n) is 3.77. The minimum atomic E-state index is -0.602. The summed E-state index contributed by atoms with van der Waals surface area (Å²) in [7, 11) is 1.56. The van der Waals surface area contributed by atoms with E-state index < -0.39 is 17.6 Å². The highest BCUT2D eigenvalue weighted by molar-refractivity contribution is 7.99. The number of anilines is 1. The van der Waals surface area contributed by atoms with E-state index in [1.165, 1.54) is 16.0 Å². The average molecular weight is 558 g/mol. The van der Waals surface area contributed by atoms with E-state index in [1.54, 1.807) is 36.3 Å². The highest BCUT2D eigenvalue weighted by Crippen LogP contribution is 2.37. The summed E-state index contributed by atoms with van der Waals surface area (Å²) >= 11 is 2.44. The maximum absolute atomic E-state index is 12.7. The molecule has 0 aliphatic carbocycles. The molecule has 0 bridgehead atoms. The lowest BCUT2D eigenvalue weighted by atomic mass is 10.0. The predicted octanol–water partition coefficient (Wildman–Crippen LogP) is 3.38. The molecule has 200 valence electrons. The number of fused-ring (bicyclic) bond motifs is 1. The standard InChI is InChI=1S/C25H27N5O6S2/c1-25(2,3)35-24(33)29-11-9-17-18(13-26)21(38-19(17)14-29)27-20(31)10-12-37-22-23(32)36-28-30(22)15-5-7-16(34-4)8-6-15/h5-8H,9-12,14H2,1-4H3,(H-,27,28,31,32). The fourth-order valence-corrected chi connectivity index (χ4v) is 5.90. The van der Waals surface area contributed by atoms with Crippen molar-refractivity contribution < 1.29 is 33.4 Å². The zero-order valence-corrected chi connectivity index (χ0v) is 23.0. The number of carbonyl (C=O) groups is 2. The molecular formula is C25H27N5O6S2. The average Bonchev–Trinajstić information content (AvgIpc) is 3.41. The summed E-state index contributed by atoms with van der Waals surface area (Å²) in [6, 6.07) is 9.15. The zero-order chi connectivity index (χ0) is 27.4. The number of thioether (sulfide) groups is 1. The molecule has 1 N–H and O–H groups in total. The Balaban J connectivity index is 1.38. The number of ether oxygens (including phenoxy) is 2. The van der Waals surface area contributed by atoms with Gasteiger partial charge in [0.05, 0.1) is 24.5 Å². The Hall–Kier alpha value is -3.76. The van der Waals surface area contributed by atoms with Gasteiger partial charge in [0.15, 0.2) is 5.95 Å². The molecule has 13 heteroatoms. The van der Waals surface area contributed by atoms with Crippen LogP contribution < -0.4 is 19.8 Å². The first-order valence-electron chi connectivity index (χ1n) is 11.8. The molecule has 1 aliphatic rings. The summed E-state index contributed by atoms with van der Waals surface area (Å²) in [5, 5.41) is 29.3. The number of amides is 2. The number of benzene rings is 1. The van der Waals surface area contributed by atoms with Gasteiger partial charge < -0.3 is 29.3 Å². The van der Waals surface area contributed by atoms with E-state index in [9.17, 15) is 20.0 Å². The molecule has 1 aliphatic heterocycles. The summed E-state index contributed by atoms with van der Waals surface area (Å²) in [5.41, 5.74) is 1.29. The number of carbonyl (C=O) groups excluding carboxylic acids is 2. The van der Waals surface area contributed by atoms with E-state index >= 15 is 0 Å². The van der Waals surface area contributed by atoms with Gasteiger partial charge in [0.1, 0.15) is 22.4 Å². The molecule has 4 rings (SSSR count). The van der Waals surface area contributed by atoms with Crippen LogP contribution in [-0.2, 0) is 22.5 Å². The number of rotatable bonds is 7. The van der Waals surface area contributed by atoms with Crippen molar-refractivity contribution in [3.05, 3.63) is 40.3 Å². The highest BCUT2D eigenvalue weighted by atomic mass is 32.2. The summed E-state index contributed by atoms with van der Waals surface area (Å²) in [6.45, 7) is 6.18. The van der Waals surface area contributed by atoms with Crippen molar-refractivity contribution in [2.45, 2.75) is 50.8 Å². The predicted molar refractivity (Wildman–Crippen MR) is 137 cm³/mol. The van der Waals surface area contributed by atoms with Gasteiger partial charge in [0.2, 0.25) is 11.6 Å². The molecule has 0 radical (unpaired) electrons. The van der Waals surface area contributed by atoms with Crippen LogP contribution in [0.5, 0.6) is 11.7 Å². The SMILES string of the molecule is COc1ccc(-[n+]2noc([O-])c2SCCC(=O)Nc2sc3c(c2C#N)CCN(C(=O)OC(C)(C)C)C3)cc1. The molecule has 0 fully saturated rings. The molecule has 1 aromatic carbocycles. The summed E-state index contributed by atoms with van der Waals surface area (Å²) in [5.74, 6) is 0.0586. The molecule has 2 aromatic heterocycles. The largest absolute Gasteiger partial charge is 0.538 e. The second kappa shape index (κ2) is 11.3. The number of nitrogens with zero attached hydrogens (tertiary/aromatic N) is 4. The van der Waals surface area contributed by atoms with Gasteiger partial charge in [-0.15, -0.1) is 11.3 Å². The minimum Gasteiger partial charge on any atom is -0.538 e. The maximum atomic E-state index is 12.7. The van der Waals surface area contributed by atoms with Crippen molar-refractivity contribution in [2.24, 2.45) is 0 Å². The van der Waals surface area contributed by atoms with E-state index in [0.29, 0.717) is 41.5 Å². The van der Waals surface area contributed by atoms with Crippen molar-refractivity contribution in [2.75, 3.05) is 24.7 Å². The normalized spacial score (nSPS) is 13.0. The first kappa shape index (κ1) is 27.3. The van der Waals surface area contributed by atoms with Crippen LogP contribution in [0.15, 0.2) is 33.8 Å². The van der Waals surface area contributed by atoms with Crippen LogP contribution in [0.1, 0.15) is 43.2 Å². The van der Waals surface area contributed by atoms with Crippen molar-refractivity contribution in [3.8, 4) is 23.5 Å². The molecule has 2 amide bonds. The number of nitrogens with one attached hydrogen (secondary N) is 1. The lowest BCUT2D eigenvalue weighted by Gasteiger charge is -2.29. The Labute approximate surface area is 227 Å². The monoisotopic (exact) mass is 557 g/mol. The first-order valence-corrected chi connectivity index (χ1v) is 13.6. The Morgan fingerprint density at radius 3 is 2.74 bits per heavy atom. The van der Waals surface area contributed by atoms with Gasteiger partial charge in [-0.3, -0.25) is 4.79 Å². The molecule has 3 aromatic rings. The smallest absolute Gasteiger partial charge is 0.410 e. The number of thiophene rings is 1. The van der Waals surface area contributed by atoms with Crippen LogP contribution in [0.3, 0.4) is 0 Å². The third kappa shape index (κ3) is 6.20. The quantitative estimate of drug-likeness (QED) is 0.341. The number of hydrogen-bond donors (Lipinski definition) is 1. The summed E-state index contributed by atoms with van der Waals surface area (Å²) < 4.78 is 16.8. The topological polar surface area (TPSA) is 145 Å². The van der Waals surface area contributed by atoms with E-state index in [-0.39, 0.29) is 23.1 Å². The van der Waals surface area contributed by atoms with E-state index in [2.05, 4.69) is 16.7 Å². The van der Waals surface area contributed by atoms with Crippen LogP contribution in [0.2, 0.25) is 0 Å². The third-order valence-corrected chi connectivity index (χ3v) is 7.68. The van der Waals surface area contributed by atoms with Gasteiger partial charge in [-0.2, -0.15) is 5.26 Å². The van der Waals surface area contributed by atoms with Gasteiger partial charge in [0, 0.05) is 35.7 Å². The molecule has 0 atom stereocenters. The Kier molecular flexibility index (Phi) is 8.13. The molecule has 11 nitrogen and oxygen atoms in total. The molecule has 0 saturated heterocycles. The first-order chi connectivity index (χ1) is 18.1. The Morgan fingerprint density at radius 2 is 2.08 bits per heavy atom. The van der Waals surface area contributed by atoms with Crippen LogP contribution in [0, 0.1) is 11.3 Å². The van der Waals surface area contributed by atoms with E-state index in [4.69, 9.17) is 14.0 Å². The van der Waals surface area contributed by atoms with Crippen molar-refractivity contribution in [1.82, 2.24) is 10.2 Å². The summed E-state index contributed by atoms with van der Waals surface area (Å²) in [6.07, 6.45) is 0.191. The minimum absolute atomic E-state index is 0.0926. The molecule has 0 spiro atoms. The molecule has 38 heavy (non-hydrogen) atoms. The number of aromatic nitrogens is 2. The highest BCUT2D eigenvalue weighted by Gasteiger charge is 2.30. The number of nitriles is 1. The van der Waals surface area contributed by atoms with E-state index in [1.807, 2.05) is 20.8 Å². The lowest BCUT2D eigenvalue weighted by molar-refractivity contribution is -0.705. The van der Waals surface area contributed by atoms with Crippen molar-refractivity contribution >= 4 is 40.1 Å². The number of hydrogen-bond acceptors (Lipinski definition) is 10. The lowest BCUT2D eigenvalue weighted by Crippen LogP contribution is -2.39. The van der Waals surface area contributed by atoms with Gasteiger partial charge in [-0.1, -0.05) is 11.8 Å². The van der Waals surface area contributed by atoms with E-state index in [0.717, 1.165) is 22.2 Å². The summed E-state index contributed by atoms with van der Waals surface area (Å²) in [4.78, 5) is 27.6. The van der Waals surface area contributed by atoms with Gasteiger partial charge >= 0.3 is 6.09 Å². The zero-order valence-electron chi connectivity index (χ0n) is 21.4. The van der Waals surface area contributed by atoms with Gasteiger partial charge in [-0.05, 0) is 49.6 Å². The number of methoxy groups -OCH3 is 1. The third-order valence-electron chi connectivity index (χ3n) is 5.53. The maximum Gasteiger partial charge on any atom is 0.410 e. The second-order valence-electron chi connectivity index (χ2n) is 9.39. The molecule has 3 heterocycles. The van der Waals surface area contributed by atoms with Crippen LogP contribution in [0.25, 0.3) is 5.69 Å². The molecular weight excluding hydrogens is 530 g/mol. The Morgan fingerprint density at radius 1 is 1.34 bits per heavy atom. The Bertz CT molecular complexity index is 1370. The molecule has 0 unspecified atom stereocenters. The van der Waals surface area contributed by atoms with Crippen LogP contribution in [-0.4, -0.2) is 47.2 Å². The van der Waals surface area contributed by atoms with Crippen LogP contribution >= 0.6 is 23.1 Å². The van der Waals surface area contributed by atoms with Crippen LogP contribution in [0.4, 0.5) is 9.80 Å². The molecule has 0 saturated carbocycles. The van der Waals surface area contributed by atoms with Crippen molar-refractivity contribution in [1.29, 1.82) is 5.26 Å². The van der Waals surface area contributed by atoms with Crippen molar-refractivity contribution in [3.63, 3.8) is 0 Å². The second-order valence-corrected chi connectivity index (χ2v) is 11.6. The van der Waals surface area contributed by atoms with Gasteiger partial charge in [0.25, 0.3) is 5.03 Å².